The van der Waals surface area contributed by atoms with Gasteiger partial charge in [0, 0.05) is 12.5 Å². The predicted molar refractivity (Wildman–Crippen MR) is 113 cm³/mol. The van der Waals surface area contributed by atoms with Crippen LogP contribution in [0.5, 0.6) is 0 Å². The van der Waals surface area contributed by atoms with Crippen LogP contribution in [0.25, 0.3) is 10.2 Å². The highest BCUT2D eigenvalue weighted by Gasteiger charge is 2.29. The number of carbonyl (C=O) groups excluding carboxylic acids is 2. The molecule has 28 heavy (non-hydrogen) atoms. The normalized spacial score (nSPS) is 16.8. The van der Waals surface area contributed by atoms with Gasteiger partial charge in [-0.2, -0.15) is 0 Å². The van der Waals surface area contributed by atoms with Crippen molar-refractivity contribution < 1.29 is 9.59 Å². The number of nitrogens with one attached hydrogen (secondary N) is 1. The van der Waals surface area contributed by atoms with E-state index in [2.05, 4.69) is 16.4 Å². The van der Waals surface area contributed by atoms with Crippen molar-refractivity contribution in [3.8, 4) is 0 Å². The number of hydrogen-bond acceptors (Lipinski definition) is 5. The maximum Gasteiger partial charge on any atom is 0.241 e. The van der Waals surface area contributed by atoms with E-state index in [4.69, 9.17) is 0 Å². The van der Waals surface area contributed by atoms with E-state index in [9.17, 15) is 9.59 Å². The number of thiazole rings is 1. The molecule has 144 valence electrons. The molecule has 1 N–H and O–H groups in total. The van der Waals surface area contributed by atoms with Crippen molar-refractivity contribution in [1.29, 1.82) is 0 Å². The third-order valence-electron chi connectivity index (χ3n) is 4.78. The molecule has 0 unspecified atom stereocenters. The Bertz CT molecular complexity index is 999. The summed E-state index contributed by atoms with van der Waals surface area (Å²) in [6, 6.07) is 15.3. The average Bonchev–Trinajstić information content (AvgIpc) is 2.99. The summed E-state index contributed by atoms with van der Waals surface area (Å²) in [5.41, 5.74) is 2.42. The van der Waals surface area contributed by atoms with Crippen LogP contribution in [-0.4, -0.2) is 41.3 Å². The highest BCUT2D eigenvalue weighted by atomic mass is 32.1. The number of likely N-dealkylation sites (N-methyl/N-ethyl adjacent to an activating group) is 1. The van der Waals surface area contributed by atoms with Gasteiger partial charge in [0.25, 0.3) is 0 Å². The quantitative estimate of drug-likeness (QED) is 0.736. The summed E-state index contributed by atoms with van der Waals surface area (Å²) in [4.78, 5) is 33.6. The van der Waals surface area contributed by atoms with Crippen molar-refractivity contribution in [2.24, 2.45) is 0 Å². The van der Waals surface area contributed by atoms with Gasteiger partial charge in [0.2, 0.25) is 11.8 Å². The van der Waals surface area contributed by atoms with Gasteiger partial charge in [-0.3, -0.25) is 14.5 Å². The molecule has 0 bridgehead atoms. The number of para-hydroxylation sites is 3. The second-order valence-electron chi connectivity index (χ2n) is 7.13. The molecule has 0 saturated carbocycles. The molecule has 0 radical (unpaired) electrons. The number of aromatic nitrogens is 1. The van der Waals surface area contributed by atoms with E-state index in [0.29, 0.717) is 12.2 Å². The molecular weight excluding hydrogens is 372 g/mol. The average molecular weight is 395 g/mol. The van der Waals surface area contributed by atoms with Gasteiger partial charge in [0.05, 0.1) is 34.7 Å². The largest absolute Gasteiger partial charge is 0.324 e. The summed E-state index contributed by atoms with van der Waals surface area (Å²) < 4.78 is 1.15. The fourth-order valence-electron chi connectivity index (χ4n) is 3.55. The van der Waals surface area contributed by atoms with Crippen LogP contribution in [0.4, 0.5) is 11.4 Å². The van der Waals surface area contributed by atoms with E-state index in [1.807, 2.05) is 61.3 Å². The zero-order valence-electron chi connectivity index (χ0n) is 15.9. The lowest BCUT2D eigenvalue weighted by atomic mass is 10.1. The van der Waals surface area contributed by atoms with Crippen molar-refractivity contribution in [3.05, 3.63) is 53.5 Å². The summed E-state index contributed by atoms with van der Waals surface area (Å²) >= 11 is 1.65. The maximum atomic E-state index is 13.1. The molecule has 2 aromatic carbocycles. The first-order valence-corrected chi connectivity index (χ1v) is 10.1. The van der Waals surface area contributed by atoms with Crippen LogP contribution < -0.4 is 10.2 Å². The monoisotopic (exact) mass is 394 g/mol. The van der Waals surface area contributed by atoms with Gasteiger partial charge >= 0.3 is 0 Å². The van der Waals surface area contributed by atoms with Gasteiger partial charge in [-0.1, -0.05) is 24.3 Å². The molecule has 4 rings (SSSR count). The second-order valence-corrected chi connectivity index (χ2v) is 8.25. The van der Waals surface area contributed by atoms with Crippen LogP contribution in [0.15, 0.2) is 48.5 Å². The number of hydrogen-bond donors (Lipinski definition) is 1. The smallest absolute Gasteiger partial charge is 0.241 e. The Labute approximate surface area is 167 Å². The number of carbonyl (C=O) groups is 2. The molecule has 0 aliphatic carbocycles. The van der Waals surface area contributed by atoms with Gasteiger partial charge in [-0.05, 0) is 38.2 Å². The van der Waals surface area contributed by atoms with Crippen molar-refractivity contribution in [3.63, 3.8) is 0 Å². The lowest BCUT2D eigenvalue weighted by Gasteiger charge is -2.29. The molecule has 0 saturated heterocycles. The minimum absolute atomic E-state index is 0.0277. The molecule has 1 atom stereocenters. The first-order chi connectivity index (χ1) is 13.5. The first-order valence-electron chi connectivity index (χ1n) is 9.25. The molecular formula is C21H22N4O2S. The Hall–Kier alpha value is -2.77. The van der Waals surface area contributed by atoms with Crippen LogP contribution in [0, 0.1) is 0 Å². The predicted octanol–water partition coefficient (Wildman–Crippen LogP) is 3.49. The number of nitrogens with zero attached hydrogens (tertiary/aromatic N) is 3. The summed E-state index contributed by atoms with van der Waals surface area (Å²) in [6.45, 7) is 2.77. The van der Waals surface area contributed by atoms with E-state index in [0.717, 1.165) is 20.9 Å². The molecule has 6 nitrogen and oxygen atoms in total. The first kappa shape index (κ1) is 18.6. The van der Waals surface area contributed by atoms with Gasteiger partial charge in [-0.15, -0.1) is 11.3 Å². The Morgan fingerprint density at radius 1 is 1.25 bits per heavy atom. The van der Waals surface area contributed by atoms with Gasteiger partial charge in [0.15, 0.2) is 0 Å². The lowest BCUT2D eigenvalue weighted by Crippen LogP contribution is -2.44. The number of anilines is 2. The highest BCUT2D eigenvalue weighted by molar-refractivity contribution is 7.18. The Morgan fingerprint density at radius 2 is 2.00 bits per heavy atom. The van der Waals surface area contributed by atoms with Gasteiger partial charge in [0.1, 0.15) is 5.01 Å². The van der Waals surface area contributed by atoms with E-state index < -0.39 is 0 Å². The zero-order valence-corrected chi connectivity index (χ0v) is 16.7. The van der Waals surface area contributed by atoms with Crippen LogP contribution in [0.2, 0.25) is 0 Å². The van der Waals surface area contributed by atoms with E-state index in [1.165, 1.54) is 0 Å². The van der Waals surface area contributed by atoms with Crippen molar-refractivity contribution >= 4 is 44.7 Å². The molecule has 0 spiro atoms. The summed E-state index contributed by atoms with van der Waals surface area (Å²) in [5, 5.41) is 3.87. The molecule has 0 fully saturated rings. The Balaban J connectivity index is 1.51. The van der Waals surface area contributed by atoms with Crippen molar-refractivity contribution in [2.75, 3.05) is 23.8 Å². The number of amides is 2. The molecule has 2 amide bonds. The molecule has 3 aromatic rings. The van der Waals surface area contributed by atoms with E-state index in [-0.39, 0.29) is 30.8 Å². The van der Waals surface area contributed by atoms with E-state index >= 15 is 0 Å². The molecule has 1 aromatic heterocycles. The second kappa shape index (κ2) is 7.69. The molecule has 1 aliphatic rings. The summed E-state index contributed by atoms with van der Waals surface area (Å²) in [7, 11) is 1.92. The molecule has 7 heteroatoms. The molecule has 2 heterocycles. The third-order valence-corrected chi connectivity index (χ3v) is 5.80. The molecule has 1 aliphatic heterocycles. The SMILES string of the molecule is C[C@@H]1CC(=O)Nc2ccccc2N1C(=O)CN(C)Cc1nc2ccccc2s1. The van der Waals surface area contributed by atoms with Crippen LogP contribution in [0.1, 0.15) is 18.4 Å². The standard InChI is InChI=1S/C21H22N4O2S/c1-14-11-19(26)22-15-7-3-5-9-17(15)25(14)21(27)13-24(2)12-20-23-16-8-4-6-10-18(16)28-20/h3-10,14H,11-13H2,1-2H3,(H,22,26)/t14-/m1/s1. The zero-order chi connectivity index (χ0) is 19.7. The van der Waals surface area contributed by atoms with Gasteiger partial charge < -0.3 is 10.2 Å². The topological polar surface area (TPSA) is 65.5 Å². The Kier molecular flexibility index (Phi) is 5.11. The van der Waals surface area contributed by atoms with Crippen molar-refractivity contribution in [2.45, 2.75) is 25.9 Å². The van der Waals surface area contributed by atoms with Crippen LogP contribution in [0.3, 0.4) is 0 Å². The minimum Gasteiger partial charge on any atom is -0.324 e. The van der Waals surface area contributed by atoms with Crippen molar-refractivity contribution in [1.82, 2.24) is 9.88 Å². The number of benzene rings is 2. The third kappa shape index (κ3) is 3.76. The fraction of sp³-hybridized carbons (Fsp3) is 0.286. The summed E-state index contributed by atoms with van der Waals surface area (Å²) in [6.07, 6.45) is 0.280. The maximum absolute atomic E-state index is 13.1. The number of rotatable bonds is 4. The number of fused-ring (bicyclic) bond motifs is 2. The minimum atomic E-state index is -0.202. The van der Waals surface area contributed by atoms with Gasteiger partial charge in [-0.25, -0.2) is 4.98 Å². The Morgan fingerprint density at radius 3 is 2.82 bits per heavy atom. The summed E-state index contributed by atoms with van der Waals surface area (Å²) in [5.74, 6) is -0.0989. The van der Waals surface area contributed by atoms with Crippen LogP contribution >= 0.6 is 11.3 Å². The highest BCUT2D eigenvalue weighted by Crippen LogP contribution is 2.31. The fourth-order valence-corrected chi connectivity index (χ4v) is 4.60. The van der Waals surface area contributed by atoms with Crippen LogP contribution in [-0.2, 0) is 16.1 Å². The lowest BCUT2D eigenvalue weighted by molar-refractivity contribution is -0.120. The van der Waals surface area contributed by atoms with E-state index in [1.54, 1.807) is 16.2 Å².